The second-order valence-electron chi connectivity index (χ2n) is 6.09. The van der Waals surface area contributed by atoms with E-state index in [1.165, 1.54) is 26.4 Å². The molecule has 2 rings (SSSR count). The first-order chi connectivity index (χ1) is 11.0. The summed E-state index contributed by atoms with van der Waals surface area (Å²) >= 11 is 3.34. The number of carbonyl (C=O) groups excluding carboxylic acids is 2. The number of carbonyl (C=O) groups is 2. The zero-order chi connectivity index (χ0) is 16.8. The number of amides is 1. The molecule has 1 aromatic rings. The van der Waals surface area contributed by atoms with Crippen LogP contribution in [0.2, 0.25) is 0 Å². The largest absolute Gasteiger partial charge is 0.496 e. The van der Waals surface area contributed by atoms with Gasteiger partial charge in [-0.1, -0.05) is 48.0 Å². The van der Waals surface area contributed by atoms with Crippen molar-refractivity contribution >= 4 is 27.6 Å². The summed E-state index contributed by atoms with van der Waals surface area (Å²) in [6, 6.07) is 5.29. The number of ketones is 1. The third-order valence-electron chi connectivity index (χ3n) is 4.54. The van der Waals surface area contributed by atoms with Gasteiger partial charge in [-0.05, 0) is 31.0 Å². The summed E-state index contributed by atoms with van der Waals surface area (Å²) in [6.07, 6.45) is 7.90. The van der Waals surface area contributed by atoms with Gasteiger partial charge in [0, 0.05) is 17.6 Å². The maximum Gasteiger partial charge on any atom is 0.295 e. The Kier molecular flexibility index (Phi) is 6.63. The highest BCUT2D eigenvalue weighted by atomic mass is 79.9. The van der Waals surface area contributed by atoms with Gasteiger partial charge in [-0.3, -0.25) is 9.59 Å². The number of rotatable bonds is 4. The van der Waals surface area contributed by atoms with Crippen molar-refractivity contribution in [3.63, 3.8) is 0 Å². The number of Topliss-reactive ketones (excluding diaryl/α,β-unsaturated/α-hetero) is 1. The summed E-state index contributed by atoms with van der Waals surface area (Å²) < 4.78 is 5.97. The van der Waals surface area contributed by atoms with Crippen LogP contribution in [0.1, 0.15) is 55.3 Å². The highest BCUT2D eigenvalue weighted by molar-refractivity contribution is 9.10. The molecule has 23 heavy (non-hydrogen) atoms. The third-order valence-corrected chi connectivity index (χ3v) is 5.04. The molecule has 5 heteroatoms. The minimum atomic E-state index is -0.507. The predicted molar refractivity (Wildman–Crippen MR) is 93.9 cm³/mol. The van der Waals surface area contributed by atoms with Gasteiger partial charge in [-0.25, -0.2) is 0 Å². The summed E-state index contributed by atoms with van der Waals surface area (Å²) in [5.41, 5.74) is 0.310. The molecule has 0 radical (unpaired) electrons. The molecule has 0 aliphatic heterocycles. The summed E-state index contributed by atoms with van der Waals surface area (Å²) in [7, 11) is 3.25. The van der Waals surface area contributed by atoms with E-state index in [0.717, 1.165) is 30.2 Å². The molecule has 0 unspecified atom stereocenters. The first-order valence-corrected chi connectivity index (χ1v) is 8.99. The van der Waals surface area contributed by atoms with Gasteiger partial charge in [0.05, 0.1) is 12.7 Å². The Morgan fingerprint density at radius 2 is 1.74 bits per heavy atom. The van der Waals surface area contributed by atoms with E-state index in [9.17, 15) is 9.59 Å². The Morgan fingerprint density at radius 3 is 2.35 bits per heavy atom. The number of halogens is 1. The molecule has 0 aromatic heterocycles. The lowest BCUT2D eigenvalue weighted by atomic mass is 9.95. The zero-order valence-corrected chi connectivity index (χ0v) is 15.4. The maximum atomic E-state index is 12.6. The van der Waals surface area contributed by atoms with Crippen LogP contribution in [0.4, 0.5) is 0 Å². The summed E-state index contributed by atoms with van der Waals surface area (Å²) in [5, 5.41) is 0. The van der Waals surface area contributed by atoms with Crippen LogP contribution in [0, 0.1) is 0 Å². The molecule has 1 amide bonds. The van der Waals surface area contributed by atoms with Crippen LogP contribution in [0.3, 0.4) is 0 Å². The molecule has 0 spiro atoms. The molecule has 1 aliphatic rings. The van der Waals surface area contributed by atoms with Crippen molar-refractivity contribution in [3.8, 4) is 5.75 Å². The first-order valence-electron chi connectivity index (χ1n) is 8.19. The van der Waals surface area contributed by atoms with Gasteiger partial charge in [0.25, 0.3) is 11.7 Å². The second-order valence-corrected chi connectivity index (χ2v) is 7.00. The van der Waals surface area contributed by atoms with E-state index in [-0.39, 0.29) is 6.04 Å². The topological polar surface area (TPSA) is 46.6 Å². The zero-order valence-electron chi connectivity index (χ0n) is 13.8. The average Bonchev–Trinajstić information content (AvgIpc) is 2.52. The summed E-state index contributed by atoms with van der Waals surface area (Å²) in [4.78, 5) is 26.9. The van der Waals surface area contributed by atoms with E-state index in [1.807, 2.05) is 0 Å². The number of benzene rings is 1. The highest BCUT2D eigenvalue weighted by Gasteiger charge is 2.28. The molecule has 0 saturated heterocycles. The highest BCUT2D eigenvalue weighted by Crippen LogP contribution is 2.25. The van der Waals surface area contributed by atoms with Crippen LogP contribution in [0.15, 0.2) is 22.7 Å². The molecule has 0 N–H and O–H groups in total. The third kappa shape index (κ3) is 4.56. The van der Waals surface area contributed by atoms with Gasteiger partial charge in [0.15, 0.2) is 0 Å². The fourth-order valence-electron chi connectivity index (χ4n) is 3.12. The fraction of sp³-hybridized carbons (Fsp3) is 0.556. The lowest BCUT2D eigenvalue weighted by Crippen LogP contribution is -2.41. The lowest BCUT2D eigenvalue weighted by molar-refractivity contribution is -0.127. The van der Waals surface area contributed by atoms with Crippen molar-refractivity contribution in [2.75, 3.05) is 14.2 Å². The SMILES string of the molecule is COc1ccc(Br)cc1C(=O)C(=O)N(C)C1CCCCCCC1. The smallest absolute Gasteiger partial charge is 0.295 e. The molecule has 4 nitrogen and oxygen atoms in total. The Bertz CT molecular complexity index is 565. The van der Waals surface area contributed by atoms with Crippen LogP contribution in [0.5, 0.6) is 5.75 Å². The molecule has 126 valence electrons. The number of methoxy groups -OCH3 is 1. The standard InChI is InChI=1S/C18H24BrNO3/c1-20(14-8-6-4-3-5-7-9-14)18(22)17(21)15-12-13(19)10-11-16(15)23-2/h10-12,14H,3-9H2,1-2H3. The number of hydrogen-bond donors (Lipinski definition) is 0. The van der Waals surface area contributed by atoms with E-state index >= 15 is 0 Å². The molecular weight excluding hydrogens is 358 g/mol. The van der Waals surface area contributed by atoms with E-state index in [2.05, 4.69) is 15.9 Å². The van der Waals surface area contributed by atoms with Crippen molar-refractivity contribution < 1.29 is 14.3 Å². The van der Waals surface area contributed by atoms with Gasteiger partial charge < -0.3 is 9.64 Å². The molecule has 1 fully saturated rings. The molecule has 0 atom stereocenters. The van der Waals surface area contributed by atoms with Crippen molar-refractivity contribution in [2.24, 2.45) is 0 Å². The van der Waals surface area contributed by atoms with E-state index in [4.69, 9.17) is 4.74 Å². The fourth-order valence-corrected chi connectivity index (χ4v) is 3.48. The second kappa shape index (κ2) is 8.48. The number of hydrogen-bond acceptors (Lipinski definition) is 3. The molecule has 0 heterocycles. The van der Waals surface area contributed by atoms with Crippen LogP contribution in [0.25, 0.3) is 0 Å². The predicted octanol–water partition coefficient (Wildman–Crippen LogP) is 4.21. The van der Waals surface area contributed by atoms with Crippen LogP contribution >= 0.6 is 15.9 Å². The Labute approximate surface area is 146 Å². The van der Waals surface area contributed by atoms with Gasteiger partial charge in [-0.2, -0.15) is 0 Å². The molecule has 1 aliphatic carbocycles. The van der Waals surface area contributed by atoms with Gasteiger partial charge >= 0.3 is 0 Å². The number of nitrogens with zero attached hydrogens (tertiary/aromatic N) is 1. The van der Waals surface area contributed by atoms with Crippen molar-refractivity contribution in [2.45, 2.75) is 51.0 Å². The lowest BCUT2D eigenvalue weighted by Gasteiger charge is -2.29. The van der Waals surface area contributed by atoms with Crippen molar-refractivity contribution in [3.05, 3.63) is 28.2 Å². The summed E-state index contributed by atoms with van der Waals surface area (Å²) in [5.74, 6) is -0.530. The number of likely N-dealkylation sites (N-methyl/N-ethyl adjacent to an activating group) is 1. The van der Waals surface area contributed by atoms with E-state index in [1.54, 1.807) is 30.1 Å². The Hall–Kier alpha value is -1.36. The first kappa shape index (κ1) is 18.0. The van der Waals surface area contributed by atoms with Gasteiger partial charge in [-0.15, -0.1) is 0 Å². The minimum Gasteiger partial charge on any atom is -0.496 e. The monoisotopic (exact) mass is 381 g/mol. The molecule has 1 saturated carbocycles. The molecule has 1 aromatic carbocycles. The van der Waals surface area contributed by atoms with Crippen LogP contribution < -0.4 is 4.74 Å². The van der Waals surface area contributed by atoms with E-state index in [0.29, 0.717) is 11.3 Å². The maximum absolute atomic E-state index is 12.6. The molecular formula is C18H24BrNO3. The van der Waals surface area contributed by atoms with Crippen molar-refractivity contribution in [1.82, 2.24) is 4.90 Å². The van der Waals surface area contributed by atoms with Gasteiger partial charge in [0.1, 0.15) is 5.75 Å². The van der Waals surface area contributed by atoms with E-state index < -0.39 is 11.7 Å². The summed E-state index contributed by atoms with van der Waals surface area (Å²) in [6.45, 7) is 0. The van der Waals surface area contributed by atoms with Crippen molar-refractivity contribution in [1.29, 1.82) is 0 Å². The van der Waals surface area contributed by atoms with Gasteiger partial charge in [0.2, 0.25) is 0 Å². The van der Waals surface area contributed by atoms with Crippen LogP contribution in [-0.4, -0.2) is 36.8 Å². The number of ether oxygens (including phenoxy) is 1. The Balaban J connectivity index is 2.14. The molecule has 0 bridgehead atoms. The quantitative estimate of drug-likeness (QED) is 0.579. The Morgan fingerprint density at radius 1 is 1.13 bits per heavy atom. The average molecular weight is 382 g/mol. The van der Waals surface area contributed by atoms with Crippen LogP contribution in [-0.2, 0) is 4.79 Å². The minimum absolute atomic E-state index is 0.157. The normalized spacial score (nSPS) is 16.3.